The number of carboxylic acids is 2. The fourth-order valence-corrected chi connectivity index (χ4v) is 0.594. The summed E-state index contributed by atoms with van der Waals surface area (Å²) in [5.74, 6) is -2.16. The summed E-state index contributed by atoms with van der Waals surface area (Å²) >= 11 is 0. The zero-order chi connectivity index (χ0) is 8.85. The molecule has 0 spiro atoms. The van der Waals surface area contributed by atoms with Gasteiger partial charge in [0.2, 0.25) is 0 Å². The summed E-state index contributed by atoms with van der Waals surface area (Å²) in [6.45, 7) is 0. The van der Waals surface area contributed by atoms with Crippen molar-refractivity contribution in [3.05, 3.63) is 0 Å². The van der Waals surface area contributed by atoms with Crippen LogP contribution >= 0.6 is 0 Å². The van der Waals surface area contributed by atoms with E-state index in [-0.39, 0.29) is 50.6 Å². The maximum absolute atomic E-state index is 9.95. The van der Waals surface area contributed by atoms with E-state index in [1.54, 1.807) is 0 Å². The van der Waals surface area contributed by atoms with Crippen LogP contribution < -0.4 is 0 Å². The summed E-state index contributed by atoms with van der Waals surface area (Å²) < 4.78 is 0. The molecule has 0 rings (SSSR count). The van der Waals surface area contributed by atoms with Gasteiger partial charge in [-0.1, -0.05) is 0 Å². The second kappa shape index (κ2) is 10.2. The molecule has 0 fully saturated rings. The molecular formula is C6H12Li2O5. The van der Waals surface area contributed by atoms with E-state index in [9.17, 15) is 9.59 Å². The zero-order valence-corrected chi connectivity index (χ0v) is 5.86. The number of carbonyl (C=O) groups is 2. The number of hydrogen-bond donors (Lipinski definition) is 3. The van der Waals surface area contributed by atoms with Gasteiger partial charge in [-0.3, -0.25) is 9.59 Å². The molecular weight excluding hydrogens is 166 g/mol. The number of rotatable bonds is 5. The van der Waals surface area contributed by atoms with Gasteiger partial charge < -0.3 is 15.3 Å². The average molecular weight is 178 g/mol. The molecule has 1 unspecified atom stereocenters. The Bertz CT molecular complexity index is 161. The van der Waals surface area contributed by atoms with Crippen LogP contribution in [0.1, 0.15) is 19.3 Å². The third kappa shape index (κ3) is 14.9. The van der Waals surface area contributed by atoms with Crippen LogP contribution in [-0.4, -0.2) is 71.1 Å². The SMILES string of the molecule is O=C(O)CCC(O)CC(=O)O.[LiH].[LiH]. The van der Waals surface area contributed by atoms with E-state index in [0.29, 0.717) is 0 Å². The van der Waals surface area contributed by atoms with Crippen LogP contribution in [0.2, 0.25) is 0 Å². The predicted molar refractivity (Wildman–Crippen MR) is 49.4 cm³/mol. The molecule has 0 amide bonds. The molecule has 0 aromatic heterocycles. The first kappa shape index (κ1) is 18.8. The van der Waals surface area contributed by atoms with Crippen molar-refractivity contribution in [2.45, 2.75) is 25.4 Å². The maximum atomic E-state index is 9.95. The third-order valence-corrected chi connectivity index (χ3v) is 1.10. The number of aliphatic carboxylic acids is 2. The van der Waals surface area contributed by atoms with Crippen molar-refractivity contribution in [3.63, 3.8) is 0 Å². The topological polar surface area (TPSA) is 94.8 Å². The van der Waals surface area contributed by atoms with Gasteiger partial charge in [0.25, 0.3) is 0 Å². The van der Waals surface area contributed by atoms with Gasteiger partial charge >= 0.3 is 49.7 Å². The second-order valence-corrected chi connectivity index (χ2v) is 2.18. The molecule has 0 aliphatic rings. The summed E-state index contributed by atoms with van der Waals surface area (Å²) in [6.07, 6.45) is -1.66. The molecule has 13 heavy (non-hydrogen) atoms. The molecule has 0 bridgehead atoms. The van der Waals surface area contributed by atoms with E-state index in [0.717, 1.165) is 0 Å². The molecule has 7 heteroatoms. The number of carboxylic acid groups (broad SMARTS) is 2. The first-order valence-electron chi connectivity index (χ1n) is 3.14. The normalized spacial score (nSPS) is 10.5. The summed E-state index contributed by atoms with van der Waals surface area (Å²) in [7, 11) is 0. The van der Waals surface area contributed by atoms with Crippen LogP contribution in [0.25, 0.3) is 0 Å². The van der Waals surface area contributed by atoms with Crippen LogP contribution in [0, 0.1) is 0 Å². The van der Waals surface area contributed by atoms with Gasteiger partial charge in [0.05, 0.1) is 12.5 Å². The Balaban J connectivity index is -0.000000500. The summed E-state index contributed by atoms with van der Waals surface area (Å²) in [5.41, 5.74) is 0. The molecule has 3 N–H and O–H groups in total. The minimum absolute atomic E-state index is 0. The molecule has 1 atom stereocenters. The van der Waals surface area contributed by atoms with Crippen LogP contribution in [0.3, 0.4) is 0 Å². The zero-order valence-electron chi connectivity index (χ0n) is 5.86. The van der Waals surface area contributed by atoms with Gasteiger partial charge in [-0.05, 0) is 6.42 Å². The van der Waals surface area contributed by atoms with E-state index in [1.165, 1.54) is 0 Å². The monoisotopic (exact) mass is 178 g/mol. The molecule has 0 aromatic carbocycles. The number of aliphatic hydroxyl groups is 1. The second-order valence-electron chi connectivity index (χ2n) is 2.18. The van der Waals surface area contributed by atoms with Crippen molar-refractivity contribution in [2.75, 3.05) is 0 Å². The van der Waals surface area contributed by atoms with Crippen LogP contribution in [0.15, 0.2) is 0 Å². The third-order valence-electron chi connectivity index (χ3n) is 1.10. The molecule has 0 radical (unpaired) electrons. The van der Waals surface area contributed by atoms with Crippen LogP contribution in [-0.2, 0) is 9.59 Å². The van der Waals surface area contributed by atoms with Gasteiger partial charge in [-0.25, -0.2) is 0 Å². The van der Waals surface area contributed by atoms with E-state index < -0.39 is 24.5 Å². The molecule has 0 saturated carbocycles. The summed E-state index contributed by atoms with van der Waals surface area (Å²) in [5, 5.41) is 25.1. The molecule has 0 aliphatic carbocycles. The predicted octanol–water partition coefficient (Wildman–Crippen LogP) is -1.61. The summed E-state index contributed by atoms with van der Waals surface area (Å²) in [4.78, 5) is 19.9. The van der Waals surface area contributed by atoms with Gasteiger partial charge in [0, 0.05) is 6.42 Å². The van der Waals surface area contributed by atoms with Crippen molar-refractivity contribution in [2.24, 2.45) is 0 Å². The molecule has 0 aromatic rings. The van der Waals surface area contributed by atoms with E-state index >= 15 is 0 Å². The van der Waals surface area contributed by atoms with Gasteiger partial charge in [0.1, 0.15) is 0 Å². The molecule has 0 saturated heterocycles. The van der Waals surface area contributed by atoms with Gasteiger partial charge in [-0.15, -0.1) is 0 Å². The van der Waals surface area contributed by atoms with Crippen LogP contribution in [0.4, 0.5) is 0 Å². The molecule has 0 heterocycles. The number of hydrogen-bond acceptors (Lipinski definition) is 3. The Hall–Kier alpha value is 0.0948. The minimum atomic E-state index is -1.12. The Morgan fingerprint density at radius 3 is 1.85 bits per heavy atom. The number of aliphatic hydroxyl groups excluding tert-OH is 1. The standard InChI is InChI=1S/C6H10O5.2Li.2H/c7-4(3-6(10)11)1-2-5(8)9;;;;/h4,7H,1-3H2,(H,8,9)(H,10,11);;;;. The fraction of sp³-hybridized carbons (Fsp3) is 0.667. The first-order chi connectivity index (χ1) is 5.02. The van der Waals surface area contributed by atoms with E-state index in [1.807, 2.05) is 0 Å². The first-order valence-corrected chi connectivity index (χ1v) is 3.14. The van der Waals surface area contributed by atoms with Crippen molar-refractivity contribution >= 4 is 49.7 Å². The van der Waals surface area contributed by atoms with Crippen molar-refractivity contribution in [3.8, 4) is 0 Å². The Morgan fingerprint density at radius 2 is 1.54 bits per heavy atom. The molecule has 5 nitrogen and oxygen atoms in total. The van der Waals surface area contributed by atoms with Crippen molar-refractivity contribution in [1.82, 2.24) is 0 Å². The van der Waals surface area contributed by atoms with Crippen molar-refractivity contribution in [1.29, 1.82) is 0 Å². The van der Waals surface area contributed by atoms with Gasteiger partial charge in [0.15, 0.2) is 0 Å². The molecule has 0 aliphatic heterocycles. The Morgan fingerprint density at radius 1 is 1.08 bits per heavy atom. The van der Waals surface area contributed by atoms with Crippen molar-refractivity contribution < 1.29 is 24.9 Å². The quantitative estimate of drug-likeness (QED) is 0.440. The fourth-order valence-electron chi connectivity index (χ4n) is 0.594. The Labute approximate surface area is 99.9 Å². The molecule has 68 valence electrons. The Kier molecular flexibility index (Phi) is 14.7. The van der Waals surface area contributed by atoms with E-state index in [4.69, 9.17) is 15.3 Å². The van der Waals surface area contributed by atoms with E-state index in [2.05, 4.69) is 0 Å². The summed E-state index contributed by atoms with van der Waals surface area (Å²) in [6, 6.07) is 0. The van der Waals surface area contributed by atoms with Gasteiger partial charge in [-0.2, -0.15) is 0 Å². The average Bonchev–Trinajstić information content (AvgIpc) is 1.82. The van der Waals surface area contributed by atoms with Crippen LogP contribution in [0.5, 0.6) is 0 Å².